The molecule has 2 rings (SSSR count). The number of hydrogen-bond donors (Lipinski definition) is 0. The van der Waals surface area contributed by atoms with Crippen LogP contribution in [0.25, 0.3) is 11.0 Å². The second kappa shape index (κ2) is 6.31. The van der Waals surface area contributed by atoms with Crippen molar-refractivity contribution in [2.75, 3.05) is 19.6 Å². The van der Waals surface area contributed by atoms with E-state index in [0.29, 0.717) is 29.0 Å². The van der Waals surface area contributed by atoms with Crippen molar-refractivity contribution in [1.82, 2.24) is 9.55 Å². The van der Waals surface area contributed by atoms with Crippen molar-refractivity contribution in [1.29, 1.82) is 0 Å². The number of imidazole rings is 1. The summed E-state index contributed by atoms with van der Waals surface area (Å²) in [6.07, 6.45) is 0.694. The fourth-order valence-corrected chi connectivity index (χ4v) is 2.69. The zero-order chi connectivity index (χ0) is 14.0. The van der Waals surface area contributed by atoms with Gasteiger partial charge in [0.25, 0.3) is 0 Å². The van der Waals surface area contributed by atoms with Gasteiger partial charge >= 0.3 is 0 Å². The van der Waals surface area contributed by atoms with Gasteiger partial charge in [0, 0.05) is 19.4 Å². The maximum absolute atomic E-state index is 6.10. The summed E-state index contributed by atoms with van der Waals surface area (Å²) in [7, 11) is 1.68. The van der Waals surface area contributed by atoms with Gasteiger partial charge in [-0.25, -0.2) is 4.98 Å². The largest absolute Gasteiger partial charge is 0.383 e. The Morgan fingerprint density at radius 2 is 2.00 bits per heavy atom. The molecule has 0 aliphatic carbocycles. The van der Waals surface area contributed by atoms with Crippen LogP contribution in [0.15, 0.2) is 12.1 Å². The van der Waals surface area contributed by atoms with Gasteiger partial charge in [-0.05, 0) is 19.1 Å². The Bertz CT molecular complexity index is 583. The molecule has 0 saturated carbocycles. The highest BCUT2D eigenvalue weighted by Gasteiger charge is 2.17. The molecule has 0 aliphatic rings. The van der Waals surface area contributed by atoms with Crippen molar-refractivity contribution < 1.29 is 4.74 Å². The zero-order valence-corrected chi connectivity index (χ0v) is 13.1. The average Bonchev–Trinajstić information content (AvgIpc) is 2.68. The van der Waals surface area contributed by atoms with E-state index in [2.05, 4.69) is 16.5 Å². The van der Waals surface area contributed by atoms with Crippen LogP contribution in [0.2, 0.25) is 10.0 Å². The normalized spacial score (nSPS) is 13.1. The van der Waals surface area contributed by atoms with Crippen LogP contribution in [-0.2, 0) is 11.2 Å². The van der Waals surface area contributed by atoms with Crippen molar-refractivity contribution >= 4 is 45.8 Å². The molecule has 0 fully saturated rings. The number of halogens is 3. The fourth-order valence-electron chi connectivity index (χ4n) is 2.21. The minimum absolute atomic E-state index is 0.158. The number of alkyl halides is 1. The SMILES string of the molecule is COCC(C)n1c(CCCl)nc2cc(Cl)c(Cl)cc21. The monoisotopic (exact) mass is 320 g/mol. The average molecular weight is 322 g/mol. The molecule has 0 aliphatic heterocycles. The molecule has 1 aromatic heterocycles. The first-order valence-electron chi connectivity index (χ1n) is 5.99. The maximum Gasteiger partial charge on any atom is 0.111 e. The number of ether oxygens (including phenoxy) is 1. The van der Waals surface area contributed by atoms with Crippen LogP contribution in [-0.4, -0.2) is 29.1 Å². The van der Waals surface area contributed by atoms with E-state index in [1.54, 1.807) is 13.2 Å². The van der Waals surface area contributed by atoms with Gasteiger partial charge < -0.3 is 9.30 Å². The second-order valence-electron chi connectivity index (χ2n) is 4.40. The number of benzene rings is 1. The lowest BCUT2D eigenvalue weighted by Gasteiger charge is -2.16. The molecule has 0 saturated heterocycles. The van der Waals surface area contributed by atoms with Gasteiger partial charge in [-0.2, -0.15) is 0 Å². The summed E-state index contributed by atoms with van der Waals surface area (Å²) < 4.78 is 7.34. The molecular formula is C13H15Cl3N2O. The number of methoxy groups -OCH3 is 1. The first-order chi connectivity index (χ1) is 9.08. The molecule has 2 aromatic rings. The Labute approximate surface area is 127 Å². The molecule has 0 amide bonds. The van der Waals surface area contributed by atoms with Crippen LogP contribution in [0.4, 0.5) is 0 Å². The molecular weight excluding hydrogens is 307 g/mol. The highest BCUT2D eigenvalue weighted by atomic mass is 35.5. The number of nitrogens with zero attached hydrogens (tertiary/aromatic N) is 2. The first kappa shape index (κ1) is 14.9. The molecule has 1 atom stereocenters. The van der Waals surface area contributed by atoms with Crippen LogP contribution in [0.3, 0.4) is 0 Å². The van der Waals surface area contributed by atoms with Gasteiger partial charge in [0.2, 0.25) is 0 Å². The molecule has 6 heteroatoms. The lowest BCUT2D eigenvalue weighted by atomic mass is 10.2. The summed E-state index contributed by atoms with van der Waals surface area (Å²) in [5.74, 6) is 1.44. The van der Waals surface area contributed by atoms with Crippen molar-refractivity contribution in [2.24, 2.45) is 0 Å². The Morgan fingerprint density at radius 3 is 2.63 bits per heavy atom. The molecule has 1 aromatic carbocycles. The third-order valence-corrected chi connectivity index (χ3v) is 3.88. The Kier molecular flexibility index (Phi) is 4.96. The van der Waals surface area contributed by atoms with E-state index >= 15 is 0 Å². The van der Waals surface area contributed by atoms with Gasteiger partial charge in [0.1, 0.15) is 5.82 Å². The molecule has 1 heterocycles. The topological polar surface area (TPSA) is 27.1 Å². The molecule has 0 bridgehead atoms. The first-order valence-corrected chi connectivity index (χ1v) is 7.28. The third kappa shape index (κ3) is 3.00. The van der Waals surface area contributed by atoms with E-state index in [0.717, 1.165) is 16.9 Å². The lowest BCUT2D eigenvalue weighted by molar-refractivity contribution is 0.162. The van der Waals surface area contributed by atoms with E-state index in [1.165, 1.54) is 0 Å². The smallest absolute Gasteiger partial charge is 0.111 e. The maximum atomic E-state index is 6.10. The number of aryl methyl sites for hydroxylation is 1. The van der Waals surface area contributed by atoms with Crippen molar-refractivity contribution in [2.45, 2.75) is 19.4 Å². The summed E-state index contributed by atoms with van der Waals surface area (Å²) >= 11 is 18.0. The summed E-state index contributed by atoms with van der Waals surface area (Å²) in [5.41, 5.74) is 1.79. The highest BCUT2D eigenvalue weighted by molar-refractivity contribution is 6.42. The van der Waals surface area contributed by atoms with Gasteiger partial charge in [0.15, 0.2) is 0 Å². The minimum atomic E-state index is 0.158. The van der Waals surface area contributed by atoms with Gasteiger partial charge in [-0.15, -0.1) is 11.6 Å². The van der Waals surface area contributed by atoms with Crippen LogP contribution >= 0.6 is 34.8 Å². The predicted octanol–water partition coefficient (Wildman–Crippen LogP) is 4.33. The van der Waals surface area contributed by atoms with Gasteiger partial charge in [0.05, 0.1) is 33.7 Å². The van der Waals surface area contributed by atoms with E-state index in [1.807, 2.05) is 6.07 Å². The van der Waals surface area contributed by atoms with Crippen molar-refractivity contribution in [3.05, 3.63) is 28.0 Å². The molecule has 3 nitrogen and oxygen atoms in total. The second-order valence-corrected chi connectivity index (χ2v) is 5.59. The standard InChI is InChI=1S/C13H15Cl3N2O/c1-8(7-19-2)18-12-6-10(16)9(15)5-11(12)17-13(18)3-4-14/h5-6,8H,3-4,7H2,1-2H3. The number of hydrogen-bond acceptors (Lipinski definition) is 2. The highest BCUT2D eigenvalue weighted by Crippen LogP contribution is 2.30. The van der Waals surface area contributed by atoms with E-state index < -0.39 is 0 Å². The number of rotatable bonds is 5. The summed E-state index contributed by atoms with van der Waals surface area (Å²) in [6, 6.07) is 3.79. The zero-order valence-electron chi connectivity index (χ0n) is 10.8. The van der Waals surface area contributed by atoms with E-state index in [4.69, 9.17) is 39.5 Å². The molecule has 1 unspecified atom stereocenters. The lowest BCUT2D eigenvalue weighted by Crippen LogP contribution is -2.14. The van der Waals surface area contributed by atoms with Crippen molar-refractivity contribution in [3.8, 4) is 0 Å². The quantitative estimate of drug-likeness (QED) is 0.766. The Hall–Kier alpha value is -0.480. The molecule has 0 radical (unpaired) electrons. The van der Waals surface area contributed by atoms with Crippen LogP contribution < -0.4 is 0 Å². The number of fused-ring (bicyclic) bond motifs is 1. The molecule has 0 N–H and O–H groups in total. The van der Waals surface area contributed by atoms with E-state index in [-0.39, 0.29) is 6.04 Å². The van der Waals surface area contributed by atoms with Crippen LogP contribution in [0, 0.1) is 0 Å². The number of aromatic nitrogens is 2. The Balaban J connectivity index is 2.61. The summed E-state index contributed by atoms with van der Waals surface area (Å²) in [5, 5.41) is 1.04. The Morgan fingerprint density at radius 1 is 1.32 bits per heavy atom. The van der Waals surface area contributed by atoms with E-state index in [9.17, 15) is 0 Å². The van der Waals surface area contributed by atoms with Crippen molar-refractivity contribution in [3.63, 3.8) is 0 Å². The summed E-state index contributed by atoms with van der Waals surface area (Å²) in [6.45, 7) is 2.67. The minimum Gasteiger partial charge on any atom is -0.383 e. The molecule has 0 spiro atoms. The van der Waals surface area contributed by atoms with Gasteiger partial charge in [-0.3, -0.25) is 0 Å². The van der Waals surface area contributed by atoms with Gasteiger partial charge in [-0.1, -0.05) is 23.2 Å². The predicted molar refractivity (Wildman–Crippen MR) is 80.8 cm³/mol. The third-order valence-electron chi connectivity index (χ3n) is 2.97. The molecule has 19 heavy (non-hydrogen) atoms. The molecule has 104 valence electrons. The van der Waals surface area contributed by atoms with Crippen LogP contribution in [0.1, 0.15) is 18.8 Å². The fraction of sp³-hybridized carbons (Fsp3) is 0.462. The summed E-state index contributed by atoms with van der Waals surface area (Å²) in [4.78, 5) is 4.59. The van der Waals surface area contributed by atoms with Crippen LogP contribution in [0.5, 0.6) is 0 Å².